The summed E-state index contributed by atoms with van der Waals surface area (Å²) in [6, 6.07) is 6.89. The van der Waals surface area contributed by atoms with Crippen LogP contribution in [0.3, 0.4) is 0 Å². The predicted molar refractivity (Wildman–Crippen MR) is 162 cm³/mol. The Morgan fingerprint density at radius 3 is 2.47 bits per heavy atom. The van der Waals surface area contributed by atoms with Crippen molar-refractivity contribution < 1.29 is 38.7 Å². The van der Waals surface area contributed by atoms with Gasteiger partial charge in [-0.15, -0.1) is 17.0 Å². The molecule has 1 saturated heterocycles. The van der Waals surface area contributed by atoms with Crippen LogP contribution in [0, 0.1) is 29.1 Å². The Balaban J connectivity index is 0.00000329. The molecule has 1 aromatic carbocycles. The van der Waals surface area contributed by atoms with Crippen LogP contribution in [0.1, 0.15) is 56.3 Å². The number of nitrogens with one attached hydrogen (secondary N) is 1. The van der Waals surface area contributed by atoms with E-state index in [1.54, 1.807) is 45.6 Å². The molecule has 0 radical (unpaired) electrons. The summed E-state index contributed by atoms with van der Waals surface area (Å²) < 4.78 is 25.1. The summed E-state index contributed by atoms with van der Waals surface area (Å²) in [6.07, 6.45) is 1.91. The van der Waals surface area contributed by atoms with E-state index < -0.39 is 34.3 Å². The Labute approximate surface area is 263 Å². The van der Waals surface area contributed by atoms with E-state index in [-0.39, 0.29) is 64.8 Å². The average Bonchev–Trinajstić information content (AvgIpc) is 3.39. The zero-order valence-corrected chi connectivity index (χ0v) is 27.3. The van der Waals surface area contributed by atoms with Gasteiger partial charge in [0.1, 0.15) is 16.8 Å². The van der Waals surface area contributed by atoms with Crippen molar-refractivity contribution in [3.05, 3.63) is 29.8 Å². The number of anilines is 1. The number of fused-ring (bicyclic) bond motifs is 2. The Bertz CT molecular complexity index is 1300. The largest absolute Gasteiger partial charge is 0.454 e. The van der Waals surface area contributed by atoms with Gasteiger partial charge in [0.25, 0.3) is 0 Å². The van der Waals surface area contributed by atoms with Gasteiger partial charge in [-0.05, 0) is 44.4 Å². The number of carbonyl (C=O) groups is 2. The summed E-state index contributed by atoms with van der Waals surface area (Å²) in [4.78, 5) is 28.3. The first-order valence-electron chi connectivity index (χ1n) is 15.4. The fourth-order valence-electron chi connectivity index (χ4n) is 11.6. The highest BCUT2D eigenvalue weighted by atomic mass is 79.9. The molecule has 1 aliphatic heterocycles. The number of hydrogen-bond acceptors (Lipinski definition) is 9. The van der Waals surface area contributed by atoms with Gasteiger partial charge in [-0.25, -0.2) is 4.79 Å². The van der Waals surface area contributed by atoms with Gasteiger partial charge in [0, 0.05) is 76.3 Å². The van der Waals surface area contributed by atoms with Crippen LogP contribution in [0.4, 0.5) is 5.69 Å². The molecule has 1 aromatic rings. The highest BCUT2D eigenvalue weighted by molar-refractivity contribution is 8.93. The summed E-state index contributed by atoms with van der Waals surface area (Å²) in [7, 11) is 5.05. The van der Waals surface area contributed by atoms with Crippen LogP contribution in [-0.2, 0) is 23.7 Å². The smallest absolute Gasteiger partial charge is 0.340 e. The average molecular weight is 666 g/mol. The molecule has 7 bridgehead atoms. The third-order valence-corrected chi connectivity index (χ3v) is 12.6. The second kappa shape index (κ2) is 10.5. The van der Waals surface area contributed by atoms with Crippen molar-refractivity contribution in [2.75, 3.05) is 39.7 Å². The van der Waals surface area contributed by atoms with Crippen molar-refractivity contribution in [3.8, 4) is 0 Å². The first-order chi connectivity index (χ1) is 20.1. The van der Waals surface area contributed by atoms with E-state index in [0.29, 0.717) is 56.4 Å². The van der Waals surface area contributed by atoms with Crippen molar-refractivity contribution in [2.45, 2.75) is 87.1 Å². The third kappa shape index (κ3) is 3.67. The summed E-state index contributed by atoms with van der Waals surface area (Å²) in [5.74, 6) is -1.54. The molecule has 5 saturated carbocycles. The van der Waals surface area contributed by atoms with E-state index in [4.69, 9.17) is 18.9 Å². The predicted octanol–water partition coefficient (Wildman–Crippen LogP) is 2.80. The topological polar surface area (TPSA) is 127 Å². The summed E-state index contributed by atoms with van der Waals surface area (Å²) in [5, 5.41) is 28.4. The van der Waals surface area contributed by atoms with E-state index in [1.165, 1.54) is 6.92 Å². The first kappa shape index (κ1) is 31.4. The van der Waals surface area contributed by atoms with E-state index in [2.05, 4.69) is 17.1 Å². The van der Waals surface area contributed by atoms with E-state index >= 15 is 0 Å². The Hall–Kier alpha value is -1.60. The Morgan fingerprint density at radius 2 is 1.81 bits per heavy atom. The number of likely N-dealkylation sites (tertiary alicyclic amines) is 1. The van der Waals surface area contributed by atoms with Gasteiger partial charge in [0.15, 0.2) is 0 Å². The number of piperidine rings is 1. The van der Waals surface area contributed by atoms with Gasteiger partial charge in [0.05, 0.1) is 29.6 Å². The molecule has 43 heavy (non-hydrogen) atoms. The molecular formula is C32H45BrN2O8. The SMILES string of the molecule is Br.CCN1C[C@]2(OC(=O)c3ccccc3NC(C)=O)CCC(OC)C34C5C[C@H]6C(OC)[C@]5(O)[C@](O)(C[C@@H]6OC)C(C[C@@H]32)[C@H]14. The van der Waals surface area contributed by atoms with Gasteiger partial charge < -0.3 is 34.5 Å². The molecule has 5 unspecified atom stereocenters. The number of aliphatic hydroxyl groups is 2. The Kier molecular flexibility index (Phi) is 7.64. The first-order valence-corrected chi connectivity index (χ1v) is 15.4. The fourth-order valence-corrected chi connectivity index (χ4v) is 11.6. The van der Waals surface area contributed by atoms with Gasteiger partial charge in [-0.2, -0.15) is 0 Å². The van der Waals surface area contributed by atoms with Crippen molar-refractivity contribution >= 4 is 34.5 Å². The lowest BCUT2D eigenvalue weighted by atomic mass is 9.44. The van der Waals surface area contributed by atoms with Gasteiger partial charge in [-0.3, -0.25) is 9.69 Å². The normalized spacial score (nSPS) is 47.0. The number of methoxy groups -OCH3 is 3. The van der Waals surface area contributed by atoms with Crippen LogP contribution in [0.2, 0.25) is 0 Å². The van der Waals surface area contributed by atoms with Crippen molar-refractivity contribution in [3.63, 3.8) is 0 Å². The molecule has 0 aromatic heterocycles. The van der Waals surface area contributed by atoms with Crippen molar-refractivity contribution in [1.82, 2.24) is 4.90 Å². The maximum atomic E-state index is 14.0. The molecule has 238 valence electrons. The van der Waals surface area contributed by atoms with E-state index in [0.717, 1.165) is 0 Å². The zero-order valence-electron chi connectivity index (χ0n) is 25.6. The summed E-state index contributed by atoms with van der Waals surface area (Å²) in [6.45, 7) is 4.79. The summed E-state index contributed by atoms with van der Waals surface area (Å²) in [5.41, 5.74) is -3.57. The lowest BCUT2D eigenvalue weighted by Gasteiger charge is -2.70. The minimum absolute atomic E-state index is 0. The number of rotatable bonds is 7. The molecule has 1 heterocycles. The molecule has 5 aliphatic carbocycles. The van der Waals surface area contributed by atoms with Crippen LogP contribution < -0.4 is 5.32 Å². The number of amides is 1. The molecule has 6 fully saturated rings. The van der Waals surface area contributed by atoms with Crippen molar-refractivity contribution in [1.29, 1.82) is 0 Å². The van der Waals surface area contributed by atoms with Crippen LogP contribution in [0.15, 0.2) is 24.3 Å². The van der Waals surface area contributed by atoms with E-state index in [9.17, 15) is 19.8 Å². The number of benzene rings is 1. The number of halogens is 1. The maximum Gasteiger partial charge on any atom is 0.340 e. The summed E-state index contributed by atoms with van der Waals surface area (Å²) >= 11 is 0. The monoisotopic (exact) mass is 664 g/mol. The minimum atomic E-state index is -1.48. The van der Waals surface area contributed by atoms with Crippen molar-refractivity contribution in [2.24, 2.45) is 29.1 Å². The Morgan fingerprint density at radius 1 is 1.07 bits per heavy atom. The van der Waals surface area contributed by atoms with E-state index in [1.807, 2.05) is 0 Å². The number of ether oxygens (including phenoxy) is 4. The lowest BCUT2D eigenvalue weighted by molar-refractivity contribution is -0.337. The second-order valence-corrected chi connectivity index (χ2v) is 13.7. The highest BCUT2D eigenvalue weighted by Crippen LogP contribution is 2.79. The van der Waals surface area contributed by atoms with Crippen LogP contribution >= 0.6 is 17.0 Å². The molecule has 3 N–H and O–H groups in total. The quantitative estimate of drug-likeness (QED) is 0.377. The lowest BCUT2D eigenvalue weighted by Crippen LogP contribution is -2.83. The van der Waals surface area contributed by atoms with Crippen LogP contribution in [0.25, 0.3) is 0 Å². The van der Waals surface area contributed by atoms with Gasteiger partial charge >= 0.3 is 5.97 Å². The highest BCUT2D eigenvalue weighted by Gasteiger charge is 2.89. The van der Waals surface area contributed by atoms with Gasteiger partial charge in [-0.1, -0.05) is 19.1 Å². The number of hydrogen-bond donors (Lipinski definition) is 3. The minimum Gasteiger partial charge on any atom is -0.454 e. The molecule has 1 amide bonds. The van der Waals surface area contributed by atoms with Crippen LogP contribution in [-0.4, -0.2) is 103 Å². The fraction of sp³-hybridized carbons (Fsp3) is 0.750. The number of esters is 1. The molecule has 10 nitrogen and oxygen atoms in total. The number of nitrogens with zero attached hydrogens (tertiary/aromatic N) is 1. The second-order valence-electron chi connectivity index (χ2n) is 13.7. The third-order valence-electron chi connectivity index (χ3n) is 12.6. The maximum absolute atomic E-state index is 14.0. The zero-order chi connectivity index (χ0) is 29.8. The number of para-hydroxylation sites is 1. The molecule has 7 rings (SSSR count). The number of likely N-dealkylation sites (N-methyl/N-ethyl adjacent to an activating group) is 1. The molecule has 1 spiro atoms. The molecule has 12 atom stereocenters. The van der Waals surface area contributed by atoms with Gasteiger partial charge in [0.2, 0.25) is 5.91 Å². The molecule has 11 heteroatoms. The van der Waals surface area contributed by atoms with Crippen LogP contribution in [0.5, 0.6) is 0 Å². The number of carbonyl (C=O) groups excluding carboxylic acids is 2. The molecular weight excluding hydrogens is 620 g/mol. The standard InChI is InChI=1S/C32H44N2O8.BrH/c1-6-34-16-29(42-28(36)18-9-7-8-10-21(18)33-17(2)35)12-11-25(40-4)31-23(29)14-20(26(31)34)30(37)15-22(39-3)19-13-24(31)32(30,38)27(19)41-5;/h7-10,19-20,22-27,37-38H,6,11-16H2,1-5H3,(H,33,35);1H/t19-,20?,22+,23-,24?,25?,26+,27?,29-,30+,31?,32+;/m1./s1. The molecule has 6 aliphatic rings.